The summed E-state index contributed by atoms with van der Waals surface area (Å²) in [7, 11) is 3.07. The zero-order valence-corrected chi connectivity index (χ0v) is 17.6. The predicted octanol–water partition coefficient (Wildman–Crippen LogP) is 2.99. The van der Waals surface area contributed by atoms with Crippen molar-refractivity contribution in [2.45, 2.75) is 39.2 Å². The van der Waals surface area contributed by atoms with E-state index in [9.17, 15) is 9.59 Å². The Hall–Kier alpha value is -2.42. The number of piperidine rings is 1. The second-order valence-electron chi connectivity index (χ2n) is 7.18. The summed E-state index contributed by atoms with van der Waals surface area (Å²) in [6.45, 7) is 6.85. The lowest BCUT2D eigenvalue weighted by molar-refractivity contribution is -0.221. The summed E-state index contributed by atoms with van der Waals surface area (Å²) in [5, 5.41) is 3.15. The van der Waals surface area contributed by atoms with Gasteiger partial charge in [0.25, 0.3) is 5.91 Å². The Morgan fingerprint density at radius 2 is 1.72 bits per heavy atom. The van der Waals surface area contributed by atoms with E-state index in [2.05, 4.69) is 0 Å². The third kappa shape index (κ3) is 3.63. The third-order valence-electron chi connectivity index (χ3n) is 5.61. The van der Waals surface area contributed by atoms with Gasteiger partial charge in [-0.05, 0) is 50.3 Å². The van der Waals surface area contributed by atoms with Gasteiger partial charge >= 0.3 is 6.16 Å². The van der Waals surface area contributed by atoms with Crippen molar-refractivity contribution in [2.75, 3.05) is 33.9 Å². The lowest BCUT2D eigenvalue weighted by atomic mass is 9.85. The molecule has 158 valence electrons. The van der Waals surface area contributed by atoms with Crippen LogP contribution in [0.4, 0.5) is 4.79 Å². The van der Waals surface area contributed by atoms with E-state index in [1.54, 1.807) is 14.0 Å². The van der Waals surface area contributed by atoms with Gasteiger partial charge in [-0.25, -0.2) is 9.86 Å². The number of nitrogens with zero attached hydrogens (tertiary/aromatic N) is 2. The van der Waals surface area contributed by atoms with Gasteiger partial charge in [-0.2, -0.15) is 5.06 Å². The largest absolute Gasteiger partial charge is 0.513 e. The molecule has 0 radical (unpaired) electrons. The molecule has 0 saturated carbocycles. The van der Waals surface area contributed by atoms with Crippen LogP contribution in [0.25, 0.3) is 5.57 Å². The predicted molar refractivity (Wildman–Crippen MR) is 105 cm³/mol. The number of aryl methyl sites for hydroxylation is 2. The minimum Gasteiger partial charge on any atom is -0.434 e. The average molecular weight is 404 g/mol. The van der Waals surface area contributed by atoms with Crippen LogP contribution < -0.4 is 0 Å². The van der Waals surface area contributed by atoms with Gasteiger partial charge in [0.2, 0.25) is 0 Å². The van der Waals surface area contributed by atoms with Crippen molar-refractivity contribution in [1.29, 1.82) is 0 Å². The Morgan fingerprint density at radius 3 is 2.24 bits per heavy atom. The minimum absolute atomic E-state index is 0.178. The molecule has 0 atom stereocenters. The number of rotatable bonds is 5. The van der Waals surface area contributed by atoms with E-state index in [1.807, 2.05) is 37.1 Å². The highest BCUT2D eigenvalue weighted by Gasteiger charge is 2.57. The SMILES string of the molecule is CCOC(=O)OC1=C(c2c(C)cccc2C)C(=O)N(OC)C12CCN(OC)CC2. The number of benzene rings is 1. The highest BCUT2D eigenvalue weighted by molar-refractivity contribution is 6.23. The van der Waals surface area contributed by atoms with Crippen molar-refractivity contribution < 1.29 is 28.7 Å². The Kier molecular flexibility index (Phi) is 6.26. The Balaban J connectivity index is 2.19. The lowest BCUT2D eigenvalue weighted by Crippen LogP contribution is -2.55. The standard InChI is InChI=1S/C21H28N2O6/c1-6-28-20(25)29-18-17(16-14(2)8-7-9-15(16)3)19(24)23(27-5)21(18)10-12-22(26-4)13-11-21/h7-9H,6,10-13H2,1-5H3. The van der Waals surface area contributed by atoms with Crippen LogP contribution in [0.1, 0.15) is 36.5 Å². The molecule has 29 heavy (non-hydrogen) atoms. The smallest absolute Gasteiger partial charge is 0.434 e. The molecule has 1 saturated heterocycles. The molecule has 0 N–H and O–H groups in total. The second-order valence-corrected chi connectivity index (χ2v) is 7.18. The molecule has 0 unspecified atom stereocenters. The van der Waals surface area contributed by atoms with Crippen LogP contribution >= 0.6 is 0 Å². The second kappa shape index (κ2) is 8.52. The fraction of sp³-hybridized carbons (Fsp3) is 0.524. The molecule has 1 aromatic carbocycles. The zero-order valence-electron chi connectivity index (χ0n) is 17.6. The number of hydrogen-bond acceptors (Lipinski definition) is 7. The fourth-order valence-corrected chi connectivity index (χ4v) is 4.25. The molecular weight excluding hydrogens is 376 g/mol. The molecule has 2 heterocycles. The van der Waals surface area contributed by atoms with Crippen LogP contribution in [0.15, 0.2) is 24.0 Å². The lowest BCUT2D eigenvalue weighted by Gasteiger charge is -2.42. The first-order valence-corrected chi connectivity index (χ1v) is 9.73. The molecular formula is C21H28N2O6. The molecule has 0 aliphatic carbocycles. The maximum atomic E-state index is 13.5. The molecule has 0 bridgehead atoms. The Bertz CT molecular complexity index is 806. The van der Waals surface area contributed by atoms with Gasteiger partial charge in [0.15, 0.2) is 5.76 Å². The van der Waals surface area contributed by atoms with Crippen LogP contribution in [-0.4, -0.2) is 61.6 Å². The fourth-order valence-electron chi connectivity index (χ4n) is 4.25. The van der Waals surface area contributed by atoms with Crippen LogP contribution in [-0.2, 0) is 23.9 Å². The topological polar surface area (TPSA) is 77.5 Å². The van der Waals surface area contributed by atoms with Gasteiger partial charge in [0, 0.05) is 13.1 Å². The van der Waals surface area contributed by atoms with Crippen molar-refractivity contribution in [3.05, 3.63) is 40.6 Å². The molecule has 2 aliphatic rings. The van der Waals surface area contributed by atoms with Crippen LogP contribution in [0.5, 0.6) is 0 Å². The van der Waals surface area contributed by atoms with Crippen molar-refractivity contribution >= 4 is 17.6 Å². The van der Waals surface area contributed by atoms with E-state index in [4.69, 9.17) is 19.1 Å². The first-order valence-electron chi connectivity index (χ1n) is 9.73. The summed E-state index contributed by atoms with van der Waals surface area (Å²) in [6.07, 6.45) is 0.151. The molecule has 1 fully saturated rings. The molecule has 1 spiro atoms. The normalized spacial score (nSPS) is 19.2. The van der Waals surface area contributed by atoms with E-state index in [-0.39, 0.29) is 18.3 Å². The van der Waals surface area contributed by atoms with Crippen molar-refractivity contribution in [2.24, 2.45) is 0 Å². The molecule has 3 rings (SSSR count). The molecule has 1 aromatic rings. The molecule has 0 aromatic heterocycles. The van der Waals surface area contributed by atoms with Crippen LogP contribution in [0.3, 0.4) is 0 Å². The highest BCUT2D eigenvalue weighted by atomic mass is 16.7. The van der Waals surface area contributed by atoms with Crippen molar-refractivity contribution in [1.82, 2.24) is 10.1 Å². The number of hydrogen-bond donors (Lipinski definition) is 0. The van der Waals surface area contributed by atoms with Gasteiger partial charge in [-0.15, -0.1) is 0 Å². The number of carbonyl (C=O) groups is 2. The van der Waals surface area contributed by atoms with Gasteiger partial charge < -0.3 is 14.3 Å². The Labute approximate surface area is 170 Å². The molecule has 8 nitrogen and oxygen atoms in total. The average Bonchev–Trinajstić information content (AvgIpc) is 2.90. The third-order valence-corrected chi connectivity index (χ3v) is 5.61. The van der Waals surface area contributed by atoms with Gasteiger partial charge in [-0.1, -0.05) is 18.2 Å². The van der Waals surface area contributed by atoms with Crippen molar-refractivity contribution in [3.63, 3.8) is 0 Å². The monoisotopic (exact) mass is 404 g/mol. The Morgan fingerprint density at radius 1 is 1.10 bits per heavy atom. The van der Waals surface area contributed by atoms with E-state index in [0.29, 0.717) is 31.5 Å². The first-order chi connectivity index (χ1) is 13.9. The maximum absolute atomic E-state index is 13.5. The molecule has 1 amide bonds. The summed E-state index contributed by atoms with van der Waals surface area (Å²) < 4.78 is 10.7. The number of amides is 1. The number of ether oxygens (including phenoxy) is 2. The molecule has 8 heteroatoms. The first kappa shape index (κ1) is 21.3. The maximum Gasteiger partial charge on any atom is 0.513 e. The quantitative estimate of drug-likeness (QED) is 0.698. The minimum atomic E-state index is -0.905. The van der Waals surface area contributed by atoms with E-state index in [0.717, 1.165) is 16.7 Å². The van der Waals surface area contributed by atoms with E-state index in [1.165, 1.54) is 12.2 Å². The van der Waals surface area contributed by atoms with Gasteiger partial charge in [-0.3, -0.25) is 9.63 Å². The van der Waals surface area contributed by atoms with Crippen LogP contribution in [0.2, 0.25) is 0 Å². The highest BCUT2D eigenvalue weighted by Crippen LogP contribution is 2.48. The van der Waals surface area contributed by atoms with Crippen molar-refractivity contribution in [3.8, 4) is 0 Å². The summed E-state index contributed by atoms with van der Waals surface area (Å²) in [5.41, 5.74) is 2.03. The van der Waals surface area contributed by atoms with E-state index >= 15 is 0 Å². The zero-order chi connectivity index (χ0) is 21.2. The van der Waals surface area contributed by atoms with E-state index < -0.39 is 11.7 Å². The number of hydroxylamine groups is 4. The van der Waals surface area contributed by atoms with Gasteiger partial charge in [0.1, 0.15) is 5.54 Å². The van der Waals surface area contributed by atoms with Gasteiger partial charge in [0.05, 0.1) is 26.4 Å². The summed E-state index contributed by atoms with van der Waals surface area (Å²) in [4.78, 5) is 36.7. The molecule has 2 aliphatic heterocycles. The summed E-state index contributed by atoms with van der Waals surface area (Å²) >= 11 is 0. The summed E-state index contributed by atoms with van der Waals surface area (Å²) in [6, 6.07) is 5.79. The summed E-state index contributed by atoms with van der Waals surface area (Å²) in [5.74, 6) is -0.0361. The number of carbonyl (C=O) groups excluding carboxylic acids is 2. The van der Waals surface area contributed by atoms with Crippen LogP contribution in [0, 0.1) is 13.8 Å².